The molecule has 0 atom stereocenters. The molecule has 26 heavy (non-hydrogen) atoms. The van der Waals surface area contributed by atoms with Crippen LogP contribution in [0.25, 0.3) is 0 Å². The molecule has 6 heteroatoms. The van der Waals surface area contributed by atoms with Crippen molar-refractivity contribution in [1.29, 1.82) is 0 Å². The Morgan fingerprint density at radius 1 is 1.08 bits per heavy atom. The fraction of sp³-hybridized carbons (Fsp3) is 0.400. The van der Waals surface area contributed by atoms with Gasteiger partial charge in [0, 0.05) is 32.4 Å². The number of carbonyl (C=O) groups is 1. The molecule has 3 rings (SSSR count). The van der Waals surface area contributed by atoms with Gasteiger partial charge in [-0.15, -0.1) is 0 Å². The maximum atomic E-state index is 12.0. The van der Waals surface area contributed by atoms with Crippen LogP contribution in [-0.4, -0.2) is 31.2 Å². The predicted octanol–water partition coefficient (Wildman–Crippen LogP) is 3.08. The molecule has 0 saturated carbocycles. The van der Waals surface area contributed by atoms with Crippen LogP contribution in [0.2, 0.25) is 0 Å². The van der Waals surface area contributed by atoms with Crippen molar-refractivity contribution in [3.8, 4) is 5.75 Å². The predicted molar refractivity (Wildman–Crippen MR) is 102 cm³/mol. The lowest BCUT2D eigenvalue weighted by atomic mass is 10.1. The number of rotatable bonds is 6. The lowest BCUT2D eigenvalue weighted by molar-refractivity contribution is 0.240. The van der Waals surface area contributed by atoms with Crippen molar-refractivity contribution in [1.82, 2.24) is 15.6 Å². The molecule has 1 aliphatic heterocycles. The molecule has 0 aliphatic carbocycles. The van der Waals surface area contributed by atoms with Crippen molar-refractivity contribution < 1.29 is 9.53 Å². The number of anilines is 1. The molecular formula is C20H26N4O2. The molecule has 1 aromatic carbocycles. The smallest absolute Gasteiger partial charge is 0.315 e. The van der Waals surface area contributed by atoms with Crippen LogP contribution in [0, 0.1) is 0 Å². The van der Waals surface area contributed by atoms with Gasteiger partial charge in [0.2, 0.25) is 0 Å². The zero-order valence-electron chi connectivity index (χ0n) is 15.2. The van der Waals surface area contributed by atoms with Crippen LogP contribution in [0.1, 0.15) is 30.4 Å². The third-order valence-corrected chi connectivity index (χ3v) is 4.53. The number of carbonyl (C=O) groups excluding carboxylic acids is 1. The fourth-order valence-corrected chi connectivity index (χ4v) is 3.04. The van der Waals surface area contributed by atoms with E-state index in [2.05, 4.69) is 20.5 Å². The average Bonchev–Trinajstić information content (AvgIpc) is 2.72. The Bertz CT molecular complexity index is 712. The Morgan fingerprint density at radius 3 is 2.54 bits per heavy atom. The summed E-state index contributed by atoms with van der Waals surface area (Å²) in [7, 11) is 1.63. The van der Waals surface area contributed by atoms with E-state index in [0.29, 0.717) is 13.1 Å². The number of benzene rings is 1. The lowest BCUT2D eigenvalue weighted by Gasteiger charge is -2.27. The highest BCUT2D eigenvalue weighted by atomic mass is 16.5. The van der Waals surface area contributed by atoms with Crippen molar-refractivity contribution in [2.45, 2.75) is 32.4 Å². The first-order chi connectivity index (χ1) is 12.7. The van der Waals surface area contributed by atoms with E-state index in [9.17, 15) is 4.79 Å². The molecule has 0 unspecified atom stereocenters. The van der Waals surface area contributed by atoms with Crippen LogP contribution in [0.3, 0.4) is 0 Å². The number of piperidine rings is 1. The summed E-state index contributed by atoms with van der Waals surface area (Å²) < 4.78 is 5.18. The third-order valence-electron chi connectivity index (χ3n) is 4.53. The largest absolute Gasteiger partial charge is 0.497 e. The van der Waals surface area contributed by atoms with E-state index in [1.165, 1.54) is 19.3 Å². The third kappa shape index (κ3) is 5.12. The number of nitrogens with zero attached hydrogens (tertiary/aromatic N) is 2. The van der Waals surface area contributed by atoms with E-state index in [0.717, 1.165) is 35.8 Å². The maximum Gasteiger partial charge on any atom is 0.315 e. The molecular weight excluding hydrogens is 328 g/mol. The van der Waals surface area contributed by atoms with Crippen molar-refractivity contribution in [3.05, 3.63) is 53.7 Å². The average molecular weight is 354 g/mol. The monoisotopic (exact) mass is 354 g/mol. The van der Waals surface area contributed by atoms with Crippen LogP contribution in [-0.2, 0) is 13.1 Å². The van der Waals surface area contributed by atoms with Crippen LogP contribution in [0.5, 0.6) is 5.75 Å². The standard InChI is InChI=1S/C20H26N4O2/c1-26-18-7-5-6-16(12-18)13-22-20(25)23-15-17-8-9-19(21-14-17)24-10-3-2-4-11-24/h5-9,12,14H,2-4,10-11,13,15H2,1H3,(H2,22,23,25). The summed E-state index contributed by atoms with van der Waals surface area (Å²) in [6.07, 6.45) is 5.62. The zero-order valence-corrected chi connectivity index (χ0v) is 15.2. The summed E-state index contributed by atoms with van der Waals surface area (Å²) in [6, 6.07) is 11.5. The van der Waals surface area contributed by atoms with Crippen LogP contribution in [0.15, 0.2) is 42.6 Å². The van der Waals surface area contributed by atoms with Gasteiger partial charge < -0.3 is 20.3 Å². The number of amides is 2. The summed E-state index contributed by atoms with van der Waals surface area (Å²) in [5.41, 5.74) is 1.98. The van der Waals surface area contributed by atoms with Crippen molar-refractivity contribution in [3.63, 3.8) is 0 Å². The van der Waals surface area contributed by atoms with E-state index in [-0.39, 0.29) is 6.03 Å². The van der Waals surface area contributed by atoms with E-state index in [1.54, 1.807) is 7.11 Å². The van der Waals surface area contributed by atoms with Gasteiger partial charge >= 0.3 is 6.03 Å². The first-order valence-electron chi connectivity index (χ1n) is 9.09. The highest BCUT2D eigenvalue weighted by Crippen LogP contribution is 2.17. The van der Waals surface area contributed by atoms with Crippen LogP contribution in [0.4, 0.5) is 10.6 Å². The molecule has 1 saturated heterocycles. The molecule has 2 aromatic rings. The number of nitrogens with one attached hydrogen (secondary N) is 2. The van der Waals surface area contributed by atoms with Gasteiger partial charge in [0.25, 0.3) is 0 Å². The molecule has 1 aliphatic rings. The number of hydrogen-bond donors (Lipinski definition) is 2. The Balaban J connectivity index is 1.43. The van der Waals surface area contributed by atoms with E-state index < -0.39 is 0 Å². The first-order valence-corrected chi connectivity index (χ1v) is 9.09. The van der Waals surface area contributed by atoms with Crippen molar-refractivity contribution in [2.75, 3.05) is 25.1 Å². The zero-order chi connectivity index (χ0) is 18.2. The summed E-state index contributed by atoms with van der Waals surface area (Å²) in [6.45, 7) is 3.07. The second kappa shape index (κ2) is 9.08. The van der Waals surface area contributed by atoms with Gasteiger partial charge in [0.1, 0.15) is 11.6 Å². The van der Waals surface area contributed by atoms with Gasteiger partial charge in [-0.2, -0.15) is 0 Å². The highest BCUT2D eigenvalue weighted by molar-refractivity contribution is 5.73. The molecule has 1 aromatic heterocycles. The number of urea groups is 1. The quantitative estimate of drug-likeness (QED) is 0.837. The van der Waals surface area contributed by atoms with Gasteiger partial charge in [-0.3, -0.25) is 0 Å². The number of pyridine rings is 1. The second-order valence-electron chi connectivity index (χ2n) is 6.46. The topological polar surface area (TPSA) is 66.5 Å². The number of hydrogen-bond acceptors (Lipinski definition) is 4. The molecule has 0 radical (unpaired) electrons. The van der Waals surface area contributed by atoms with Crippen molar-refractivity contribution in [2.24, 2.45) is 0 Å². The molecule has 2 N–H and O–H groups in total. The Kier molecular flexibility index (Phi) is 6.30. The molecule has 138 valence electrons. The van der Waals surface area contributed by atoms with Gasteiger partial charge in [-0.05, 0) is 48.6 Å². The van der Waals surface area contributed by atoms with Crippen LogP contribution < -0.4 is 20.3 Å². The summed E-state index contributed by atoms with van der Waals surface area (Å²) in [5, 5.41) is 5.71. The minimum absolute atomic E-state index is 0.201. The number of aromatic nitrogens is 1. The van der Waals surface area contributed by atoms with E-state index in [1.807, 2.05) is 42.6 Å². The number of ether oxygens (including phenoxy) is 1. The molecule has 6 nitrogen and oxygen atoms in total. The summed E-state index contributed by atoms with van der Waals surface area (Å²) in [4.78, 5) is 18.8. The van der Waals surface area contributed by atoms with Gasteiger partial charge in [0.05, 0.1) is 7.11 Å². The second-order valence-corrected chi connectivity index (χ2v) is 6.46. The Labute approximate surface area is 154 Å². The molecule has 0 spiro atoms. The van der Waals surface area contributed by atoms with Gasteiger partial charge in [-0.1, -0.05) is 18.2 Å². The van der Waals surface area contributed by atoms with Crippen LogP contribution >= 0.6 is 0 Å². The summed E-state index contributed by atoms with van der Waals surface area (Å²) in [5.74, 6) is 1.81. The normalized spacial score (nSPS) is 14.0. The molecule has 1 fully saturated rings. The first kappa shape index (κ1) is 18.0. The van der Waals surface area contributed by atoms with Crippen molar-refractivity contribution >= 4 is 11.8 Å². The molecule has 0 bridgehead atoms. The van der Waals surface area contributed by atoms with Gasteiger partial charge in [0.15, 0.2) is 0 Å². The highest BCUT2D eigenvalue weighted by Gasteiger charge is 2.11. The van der Waals surface area contributed by atoms with Gasteiger partial charge in [-0.25, -0.2) is 9.78 Å². The SMILES string of the molecule is COc1cccc(CNC(=O)NCc2ccc(N3CCCCC3)nc2)c1. The molecule has 2 amide bonds. The molecule has 2 heterocycles. The fourth-order valence-electron chi connectivity index (χ4n) is 3.04. The maximum absolute atomic E-state index is 12.0. The minimum Gasteiger partial charge on any atom is -0.497 e. The minimum atomic E-state index is -0.201. The Morgan fingerprint density at radius 2 is 1.85 bits per heavy atom. The van der Waals surface area contributed by atoms with E-state index in [4.69, 9.17) is 4.74 Å². The van der Waals surface area contributed by atoms with E-state index >= 15 is 0 Å². The number of methoxy groups -OCH3 is 1. The summed E-state index contributed by atoms with van der Waals surface area (Å²) >= 11 is 0. The Hall–Kier alpha value is -2.76. The lowest BCUT2D eigenvalue weighted by Crippen LogP contribution is -2.34.